The summed E-state index contributed by atoms with van der Waals surface area (Å²) in [4.78, 5) is 0.533. The molecule has 5 heteroatoms. The number of aromatic nitrogens is 2. The Labute approximate surface area is 80.7 Å². The molecule has 14 heavy (non-hydrogen) atoms. The first kappa shape index (κ1) is 8.55. The fraction of sp³-hybridized carbons (Fsp3) is 0.111. The summed E-state index contributed by atoms with van der Waals surface area (Å²) < 4.78 is 0. The normalized spacial score (nSPS) is 10.4. The molecular weight excluding hydrogens is 180 g/mol. The molecule has 0 saturated carbocycles. The van der Waals surface area contributed by atoms with E-state index in [1.54, 1.807) is 19.2 Å². The number of rotatable bonds is 1. The first-order valence-electron chi connectivity index (χ1n) is 4.19. The van der Waals surface area contributed by atoms with Crippen molar-refractivity contribution < 1.29 is 4.85 Å². The highest BCUT2D eigenvalue weighted by atomic mass is 16.5. The van der Waals surface area contributed by atoms with Crippen molar-refractivity contribution in [3.8, 4) is 0 Å². The topological polar surface area (TPSA) is 77.9 Å². The van der Waals surface area contributed by atoms with Gasteiger partial charge in [-0.2, -0.15) is 0 Å². The molecule has 0 aliphatic rings. The summed E-state index contributed by atoms with van der Waals surface area (Å²) in [5.41, 5.74) is 7.39. The Balaban J connectivity index is 2.91. The van der Waals surface area contributed by atoms with Crippen molar-refractivity contribution in [1.82, 2.24) is 5.10 Å². The molecule has 72 valence electrons. The Hall–Kier alpha value is -2.04. The van der Waals surface area contributed by atoms with Crippen LogP contribution in [0, 0.1) is 5.21 Å². The van der Waals surface area contributed by atoms with Gasteiger partial charge in [0, 0.05) is 17.8 Å². The van der Waals surface area contributed by atoms with Crippen LogP contribution in [0.5, 0.6) is 0 Å². The Bertz CT molecular complexity index is 475. The molecule has 2 rings (SSSR count). The molecule has 0 radical (unpaired) electrons. The maximum absolute atomic E-state index is 11.4. The Morgan fingerprint density at radius 3 is 2.93 bits per heavy atom. The van der Waals surface area contributed by atoms with Gasteiger partial charge in [0.15, 0.2) is 0 Å². The lowest BCUT2D eigenvalue weighted by atomic mass is 10.1. The first-order chi connectivity index (χ1) is 6.74. The zero-order chi connectivity index (χ0) is 10.1. The van der Waals surface area contributed by atoms with E-state index in [9.17, 15) is 5.21 Å². The standard InChI is InChI=1S/C9H10N4O/c1-11-8-3-2-7(10)9-6(8)4-5-12-13(9)14/h2-5,11H,10H2,1H3. The van der Waals surface area contributed by atoms with E-state index < -0.39 is 0 Å². The first-order valence-corrected chi connectivity index (χ1v) is 4.19. The van der Waals surface area contributed by atoms with E-state index in [1.807, 2.05) is 6.07 Å². The minimum absolute atomic E-state index is 0.402. The molecule has 1 heterocycles. The second-order valence-electron chi connectivity index (χ2n) is 2.92. The number of anilines is 2. The molecule has 0 fully saturated rings. The highest BCUT2D eigenvalue weighted by Crippen LogP contribution is 2.24. The third-order valence-electron chi connectivity index (χ3n) is 2.12. The van der Waals surface area contributed by atoms with Gasteiger partial charge < -0.3 is 16.3 Å². The molecule has 0 bridgehead atoms. The van der Waals surface area contributed by atoms with Crippen LogP contribution >= 0.6 is 0 Å². The van der Waals surface area contributed by atoms with Crippen molar-refractivity contribution in [2.24, 2.45) is 0 Å². The van der Waals surface area contributed by atoms with Gasteiger partial charge in [-0.1, -0.05) is 0 Å². The fourth-order valence-electron chi connectivity index (χ4n) is 1.45. The van der Waals surface area contributed by atoms with Crippen LogP contribution in [0.15, 0.2) is 24.4 Å². The lowest BCUT2D eigenvalue weighted by molar-refractivity contribution is -0.642. The monoisotopic (exact) mass is 190 g/mol. The van der Waals surface area contributed by atoms with Gasteiger partial charge in [-0.25, -0.2) is 0 Å². The summed E-state index contributed by atoms with van der Waals surface area (Å²) in [5, 5.41) is 18.7. The average Bonchev–Trinajstić information content (AvgIpc) is 2.18. The van der Waals surface area contributed by atoms with E-state index in [0.717, 1.165) is 11.1 Å². The van der Waals surface area contributed by atoms with Gasteiger partial charge in [-0.15, -0.1) is 0 Å². The van der Waals surface area contributed by atoms with Crippen molar-refractivity contribution >= 4 is 22.3 Å². The Morgan fingerprint density at radius 1 is 1.43 bits per heavy atom. The summed E-state index contributed by atoms with van der Waals surface area (Å²) in [6, 6.07) is 5.27. The van der Waals surface area contributed by atoms with Crippen LogP contribution in [0.25, 0.3) is 10.9 Å². The van der Waals surface area contributed by atoms with Crippen molar-refractivity contribution in [1.29, 1.82) is 0 Å². The number of nitrogens with two attached hydrogens (primary N) is 1. The van der Waals surface area contributed by atoms with Crippen LogP contribution in [-0.4, -0.2) is 12.1 Å². The number of fused-ring (bicyclic) bond motifs is 1. The number of benzene rings is 1. The highest BCUT2D eigenvalue weighted by molar-refractivity contribution is 5.96. The van der Waals surface area contributed by atoms with E-state index in [1.165, 1.54) is 6.20 Å². The van der Waals surface area contributed by atoms with Gasteiger partial charge in [0.05, 0.1) is 11.6 Å². The zero-order valence-corrected chi connectivity index (χ0v) is 7.69. The molecule has 0 aliphatic heterocycles. The highest BCUT2D eigenvalue weighted by Gasteiger charge is 2.11. The van der Waals surface area contributed by atoms with Gasteiger partial charge in [0.1, 0.15) is 5.69 Å². The predicted octanol–water partition coefficient (Wildman–Crippen LogP) is 0.492. The molecule has 0 aliphatic carbocycles. The molecule has 5 nitrogen and oxygen atoms in total. The van der Waals surface area contributed by atoms with E-state index in [4.69, 9.17) is 5.73 Å². The quantitative estimate of drug-likeness (QED) is 0.390. The summed E-state index contributed by atoms with van der Waals surface area (Å²) >= 11 is 0. The average molecular weight is 190 g/mol. The van der Waals surface area contributed by atoms with Crippen molar-refractivity contribution in [3.05, 3.63) is 29.6 Å². The van der Waals surface area contributed by atoms with Gasteiger partial charge in [0.2, 0.25) is 0 Å². The maximum Gasteiger partial charge on any atom is 0.276 e. The second kappa shape index (κ2) is 3.02. The third-order valence-corrected chi connectivity index (χ3v) is 2.12. The second-order valence-corrected chi connectivity index (χ2v) is 2.92. The summed E-state index contributed by atoms with van der Waals surface area (Å²) in [6.07, 6.45) is 1.45. The lowest BCUT2D eigenvalue weighted by Crippen LogP contribution is -2.32. The summed E-state index contributed by atoms with van der Waals surface area (Å²) in [7, 11) is 1.79. The molecule has 1 aromatic heterocycles. The number of hydrogen-bond acceptors (Lipinski definition) is 4. The summed E-state index contributed by atoms with van der Waals surface area (Å²) in [6.45, 7) is 0. The van der Waals surface area contributed by atoms with Crippen LogP contribution < -0.4 is 15.9 Å². The van der Waals surface area contributed by atoms with E-state index >= 15 is 0 Å². The van der Waals surface area contributed by atoms with Crippen LogP contribution in [0.3, 0.4) is 0 Å². The number of nitrogens with zero attached hydrogens (tertiary/aromatic N) is 2. The molecular formula is C9H10N4O. The lowest BCUT2D eigenvalue weighted by Gasteiger charge is -2.06. The van der Waals surface area contributed by atoms with E-state index in [-0.39, 0.29) is 0 Å². The van der Waals surface area contributed by atoms with Gasteiger partial charge in [-0.05, 0) is 23.0 Å². The van der Waals surface area contributed by atoms with Gasteiger partial charge in [-0.3, -0.25) is 0 Å². The number of nitrogens with one attached hydrogen (secondary N) is 1. The maximum atomic E-state index is 11.4. The van der Waals surface area contributed by atoms with Crippen molar-refractivity contribution in [3.63, 3.8) is 0 Å². The van der Waals surface area contributed by atoms with Crippen LogP contribution in [-0.2, 0) is 0 Å². The molecule has 0 saturated heterocycles. The third kappa shape index (κ3) is 1.10. The zero-order valence-electron chi connectivity index (χ0n) is 7.69. The van der Waals surface area contributed by atoms with Crippen LogP contribution in [0.2, 0.25) is 0 Å². The SMILES string of the molecule is CNc1ccc(N)c2c1ccn[n+]2[O-]. The van der Waals surface area contributed by atoms with E-state index in [0.29, 0.717) is 16.0 Å². The minimum Gasteiger partial charge on any atom is -0.594 e. The smallest absolute Gasteiger partial charge is 0.276 e. The largest absolute Gasteiger partial charge is 0.594 e. The number of nitrogen functional groups attached to an aromatic ring is 1. The summed E-state index contributed by atoms with van der Waals surface area (Å²) in [5.74, 6) is 0. The van der Waals surface area contributed by atoms with Crippen LogP contribution in [0.4, 0.5) is 11.4 Å². The fourth-order valence-corrected chi connectivity index (χ4v) is 1.45. The molecule has 0 spiro atoms. The molecule has 2 aromatic rings. The molecule has 1 aromatic carbocycles. The van der Waals surface area contributed by atoms with Crippen LogP contribution in [0.1, 0.15) is 0 Å². The van der Waals surface area contributed by atoms with Gasteiger partial charge in [0.25, 0.3) is 5.52 Å². The van der Waals surface area contributed by atoms with E-state index in [2.05, 4.69) is 10.4 Å². The Kier molecular flexibility index (Phi) is 1.85. The Morgan fingerprint density at radius 2 is 2.21 bits per heavy atom. The predicted molar refractivity (Wildman–Crippen MR) is 54.7 cm³/mol. The molecule has 0 atom stereocenters. The van der Waals surface area contributed by atoms with Gasteiger partial charge >= 0.3 is 0 Å². The number of hydrogen-bond donors (Lipinski definition) is 2. The minimum atomic E-state index is 0.402. The van der Waals surface area contributed by atoms with Crippen molar-refractivity contribution in [2.75, 3.05) is 18.1 Å². The molecule has 3 N–H and O–H groups in total. The molecule has 0 amide bonds. The molecule has 0 unspecified atom stereocenters. The van der Waals surface area contributed by atoms with Crippen molar-refractivity contribution in [2.45, 2.75) is 0 Å².